The fourth-order valence-corrected chi connectivity index (χ4v) is 4.61. The van der Waals surface area contributed by atoms with Crippen LogP contribution in [0.2, 0.25) is 0 Å². The molecule has 138 valence electrons. The lowest BCUT2D eigenvalue weighted by atomic mass is 9.76. The fourth-order valence-electron chi connectivity index (χ4n) is 4.61. The van der Waals surface area contributed by atoms with E-state index in [0.717, 1.165) is 38.6 Å². The Morgan fingerprint density at radius 1 is 1.27 bits per heavy atom. The van der Waals surface area contributed by atoms with Gasteiger partial charge in [-0.25, -0.2) is 4.98 Å². The van der Waals surface area contributed by atoms with Crippen molar-refractivity contribution in [2.45, 2.75) is 51.2 Å². The number of fused-ring (bicyclic) bond motifs is 1. The Balaban J connectivity index is 1.44. The lowest BCUT2D eigenvalue weighted by Gasteiger charge is -2.42. The Hall–Kier alpha value is -2.21. The van der Waals surface area contributed by atoms with Gasteiger partial charge in [-0.15, -0.1) is 0 Å². The van der Waals surface area contributed by atoms with Crippen LogP contribution in [0.4, 0.5) is 0 Å². The standard InChI is InChI=1S/C20H25N3O3/c24-17-7-3-9-20(17)10-4-11-22(13-20)18(25)8-12-23-14-21-16-6-2-1-5-15(16)19(23)26/h1-2,5-6,14,17,24H,3-4,7-13H2/t17-,20-/m1/s1. The minimum atomic E-state index is -0.287. The van der Waals surface area contributed by atoms with Gasteiger partial charge in [0.2, 0.25) is 5.91 Å². The first-order valence-electron chi connectivity index (χ1n) is 9.49. The smallest absolute Gasteiger partial charge is 0.261 e. The zero-order valence-electron chi connectivity index (χ0n) is 14.9. The van der Waals surface area contributed by atoms with E-state index in [2.05, 4.69) is 4.98 Å². The van der Waals surface area contributed by atoms with Gasteiger partial charge in [0.1, 0.15) is 0 Å². The number of aliphatic hydroxyl groups is 1. The summed E-state index contributed by atoms with van der Waals surface area (Å²) in [7, 11) is 0. The molecule has 6 nitrogen and oxygen atoms in total. The average Bonchev–Trinajstić information content (AvgIpc) is 3.01. The lowest BCUT2D eigenvalue weighted by Crippen LogP contribution is -2.49. The number of para-hydroxylation sites is 1. The fraction of sp³-hybridized carbons (Fsp3) is 0.550. The number of amides is 1. The molecule has 2 atom stereocenters. The molecular weight excluding hydrogens is 330 g/mol. The maximum atomic E-state index is 12.7. The molecular formula is C20H25N3O3. The van der Waals surface area contributed by atoms with Crippen LogP contribution >= 0.6 is 0 Å². The van der Waals surface area contributed by atoms with Crippen molar-refractivity contribution >= 4 is 16.8 Å². The molecule has 2 aliphatic rings. The number of nitrogens with zero attached hydrogens (tertiary/aromatic N) is 3. The Labute approximate surface area is 152 Å². The van der Waals surface area contributed by atoms with Crippen LogP contribution in [0.25, 0.3) is 10.9 Å². The molecule has 1 saturated carbocycles. The van der Waals surface area contributed by atoms with E-state index in [1.807, 2.05) is 23.1 Å². The van der Waals surface area contributed by atoms with E-state index in [1.165, 1.54) is 10.9 Å². The molecule has 1 aromatic carbocycles. The largest absolute Gasteiger partial charge is 0.392 e. The third-order valence-corrected chi connectivity index (χ3v) is 6.12. The van der Waals surface area contributed by atoms with Crippen LogP contribution in [0.1, 0.15) is 38.5 Å². The number of benzene rings is 1. The number of aliphatic hydroxyl groups excluding tert-OH is 1. The molecule has 26 heavy (non-hydrogen) atoms. The summed E-state index contributed by atoms with van der Waals surface area (Å²) in [6.07, 6.45) is 6.37. The molecule has 2 aromatic rings. The van der Waals surface area contributed by atoms with Crippen molar-refractivity contribution < 1.29 is 9.90 Å². The summed E-state index contributed by atoms with van der Waals surface area (Å²) in [5.41, 5.74) is 0.466. The van der Waals surface area contributed by atoms with E-state index in [0.29, 0.717) is 24.0 Å². The van der Waals surface area contributed by atoms with E-state index in [4.69, 9.17) is 0 Å². The van der Waals surface area contributed by atoms with Gasteiger partial charge >= 0.3 is 0 Å². The summed E-state index contributed by atoms with van der Waals surface area (Å²) in [6, 6.07) is 7.25. The molecule has 0 radical (unpaired) electrons. The van der Waals surface area contributed by atoms with Gasteiger partial charge in [0, 0.05) is 31.5 Å². The highest BCUT2D eigenvalue weighted by Crippen LogP contribution is 2.45. The molecule has 4 rings (SSSR count). The highest BCUT2D eigenvalue weighted by Gasteiger charge is 2.45. The van der Waals surface area contributed by atoms with E-state index in [9.17, 15) is 14.7 Å². The molecule has 1 saturated heterocycles. The monoisotopic (exact) mass is 355 g/mol. The van der Waals surface area contributed by atoms with E-state index in [-0.39, 0.29) is 29.4 Å². The number of hydrogen-bond acceptors (Lipinski definition) is 4. The van der Waals surface area contributed by atoms with Gasteiger partial charge in [-0.05, 0) is 37.8 Å². The van der Waals surface area contributed by atoms with E-state index < -0.39 is 0 Å². The van der Waals surface area contributed by atoms with Gasteiger partial charge < -0.3 is 10.0 Å². The van der Waals surface area contributed by atoms with Crippen molar-refractivity contribution in [3.63, 3.8) is 0 Å². The number of hydrogen-bond donors (Lipinski definition) is 1. The summed E-state index contributed by atoms with van der Waals surface area (Å²) in [6.45, 7) is 1.73. The van der Waals surface area contributed by atoms with Crippen molar-refractivity contribution in [1.82, 2.24) is 14.5 Å². The van der Waals surface area contributed by atoms with Gasteiger partial charge in [0.25, 0.3) is 5.56 Å². The van der Waals surface area contributed by atoms with Crippen molar-refractivity contribution in [2.24, 2.45) is 5.41 Å². The van der Waals surface area contributed by atoms with Gasteiger partial charge in [-0.3, -0.25) is 14.2 Å². The quantitative estimate of drug-likeness (QED) is 0.913. The van der Waals surface area contributed by atoms with Crippen LogP contribution in [0.3, 0.4) is 0 Å². The molecule has 6 heteroatoms. The lowest BCUT2D eigenvalue weighted by molar-refractivity contribution is -0.136. The Morgan fingerprint density at radius 3 is 2.88 bits per heavy atom. The highest BCUT2D eigenvalue weighted by molar-refractivity contribution is 5.77. The molecule has 1 aromatic heterocycles. The first-order chi connectivity index (χ1) is 12.6. The normalized spacial score (nSPS) is 25.9. The number of rotatable bonds is 3. The molecule has 1 aliphatic carbocycles. The van der Waals surface area contributed by atoms with Crippen molar-refractivity contribution in [3.05, 3.63) is 40.9 Å². The maximum Gasteiger partial charge on any atom is 0.261 e. The van der Waals surface area contributed by atoms with E-state index in [1.54, 1.807) is 6.07 Å². The summed E-state index contributed by atoms with van der Waals surface area (Å²) in [5.74, 6) is 0.0585. The van der Waals surface area contributed by atoms with Gasteiger partial charge in [-0.2, -0.15) is 0 Å². The Kier molecular flexibility index (Phi) is 4.53. The Morgan fingerprint density at radius 2 is 2.08 bits per heavy atom. The minimum absolute atomic E-state index is 0.0585. The summed E-state index contributed by atoms with van der Waals surface area (Å²) >= 11 is 0. The zero-order valence-corrected chi connectivity index (χ0v) is 14.9. The van der Waals surface area contributed by atoms with E-state index >= 15 is 0 Å². The summed E-state index contributed by atoms with van der Waals surface area (Å²) < 4.78 is 1.52. The van der Waals surface area contributed by atoms with Gasteiger partial charge in [0.15, 0.2) is 0 Å². The molecule has 2 heterocycles. The van der Waals surface area contributed by atoms with Crippen LogP contribution in [-0.4, -0.2) is 44.7 Å². The average molecular weight is 355 g/mol. The van der Waals surface area contributed by atoms with Crippen molar-refractivity contribution in [1.29, 1.82) is 0 Å². The summed E-state index contributed by atoms with van der Waals surface area (Å²) in [4.78, 5) is 31.4. The van der Waals surface area contributed by atoms with Crippen LogP contribution in [-0.2, 0) is 11.3 Å². The van der Waals surface area contributed by atoms with Crippen LogP contribution in [0, 0.1) is 5.41 Å². The molecule has 1 spiro atoms. The second kappa shape index (κ2) is 6.83. The third-order valence-electron chi connectivity index (χ3n) is 6.12. The number of piperidine rings is 1. The van der Waals surface area contributed by atoms with Crippen LogP contribution in [0.15, 0.2) is 35.4 Å². The number of carbonyl (C=O) groups is 1. The molecule has 0 unspecified atom stereocenters. The van der Waals surface area contributed by atoms with Crippen molar-refractivity contribution in [2.75, 3.05) is 13.1 Å². The molecule has 0 bridgehead atoms. The second-order valence-electron chi connectivity index (χ2n) is 7.70. The predicted octanol–water partition coefficient (Wildman–Crippen LogP) is 1.94. The highest BCUT2D eigenvalue weighted by atomic mass is 16.3. The number of aromatic nitrogens is 2. The summed E-state index contributed by atoms with van der Waals surface area (Å²) in [5, 5.41) is 10.9. The minimum Gasteiger partial charge on any atom is -0.392 e. The number of aryl methyl sites for hydroxylation is 1. The SMILES string of the molecule is O=C(CCn1cnc2ccccc2c1=O)N1CCC[C@]2(CCC[C@H]2O)C1. The zero-order chi connectivity index (χ0) is 18.1. The predicted molar refractivity (Wildman–Crippen MR) is 98.7 cm³/mol. The Bertz CT molecular complexity index is 878. The third kappa shape index (κ3) is 3.03. The first kappa shape index (κ1) is 17.2. The van der Waals surface area contributed by atoms with Gasteiger partial charge in [-0.1, -0.05) is 18.6 Å². The number of likely N-dealkylation sites (tertiary alicyclic amines) is 1. The molecule has 2 fully saturated rings. The second-order valence-corrected chi connectivity index (χ2v) is 7.70. The molecule has 1 amide bonds. The molecule has 1 N–H and O–H groups in total. The van der Waals surface area contributed by atoms with Gasteiger partial charge in [0.05, 0.1) is 23.3 Å². The molecule has 1 aliphatic heterocycles. The number of carbonyl (C=O) groups excluding carboxylic acids is 1. The first-order valence-corrected chi connectivity index (χ1v) is 9.49. The van der Waals surface area contributed by atoms with Crippen LogP contribution < -0.4 is 5.56 Å². The topological polar surface area (TPSA) is 75.4 Å². The van der Waals surface area contributed by atoms with Crippen LogP contribution in [0.5, 0.6) is 0 Å². The van der Waals surface area contributed by atoms with Crippen molar-refractivity contribution in [3.8, 4) is 0 Å². The maximum absolute atomic E-state index is 12.7.